The van der Waals surface area contributed by atoms with Crippen molar-refractivity contribution >= 4 is 23.4 Å². The number of para-hydroxylation sites is 1. The van der Waals surface area contributed by atoms with Crippen LogP contribution in [0.2, 0.25) is 5.02 Å². The van der Waals surface area contributed by atoms with E-state index in [1.54, 1.807) is 38.3 Å². The highest BCUT2D eigenvalue weighted by Crippen LogP contribution is 2.15. The zero-order valence-electron chi connectivity index (χ0n) is 16.1. The summed E-state index contributed by atoms with van der Waals surface area (Å²) in [4.78, 5) is 26.8. The van der Waals surface area contributed by atoms with Gasteiger partial charge >= 0.3 is 0 Å². The Labute approximate surface area is 170 Å². The van der Waals surface area contributed by atoms with Crippen LogP contribution >= 0.6 is 11.6 Å². The van der Waals surface area contributed by atoms with E-state index >= 15 is 0 Å². The first-order valence-corrected chi connectivity index (χ1v) is 9.37. The van der Waals surface area contributed by atoms with Crippen LogP contribution in [0.1, 0.15) is 12.5 Å². The van der Waals surface area contributed by atoms with Crippen LogP contribution in [0, 0.1) is 0 Å². The average molecular weight is 405 g/mol. The lowest BCUT2D eigenvalue weighted by Crippen LogP contribution is -2.49. The van der Waals surface area contributed by atoms with Gasteiger partial charge in [0.1, 0.15) is 11.8 Å². The molecule has 1 unspecified atom stereocenters. The normalized spacial score (nSPS) is 11.5. The molecular formula is C21H25ClN2O4. The minimum absolute atomic E-state index is 0.159. The minimum atomic E-state index is -0.667. The summed E-state index contributed by atoms with van der Waals surface area (Å²) in [7, 11) is 1.56. The number of methoxy groups -OCH3 is 1. The molecular weight excluding hydrogens is 380 g/mol. The number of nitrogens with one attached hydrogen (secondary N) is 1. The zero-order chi connectivity index (χ0) is 20.4. The number of benzene rings is 2. The van der Waals surface area contributed by atoms with Crippen LogP contribution in [0.15, 0.2) is 54.6 Å². The Bertz CT molecular complexity index is 753. The molecule has 0 bridgehead atoms. The lowest BCUT2D eigenvalue weighted by atomic mass is 10.1. The molecule has 0 fully saturated rings. The fraction of sp³-hybridized carbons (Fsp3) is 0.333. The van der Waals surface area contributed by atoms with E-state index in [-0.39, 0.29) is 25.0 Å². The third-order valence-electron chi connectivity index (χ3n) is 4.14. The Morgan fingerprint density at radius 1 is 1.11 bits per heavy atom. The van der Waals surface area contributed by atoms with Gasteiger partial charge < -0.3 is 19.7 Å². The van der Waals surface area contributed by atoms with Crippen molar-refractivity contribution in [1.82, 2.24) is 10.2 Å². The van der Waals surface area contributed by atoms with Gasteiger partial charge in [-0.1, -0.05) is 41.9 Å². The summed E-state index contributed by atoms with van der Waals surface area (Å²) in [5.41, 5.74) is 0.869. The summed E-state index contributed by atoms with van der Waals surface area (Å²) in [5.74, 6) is 0.0618. The Kier molecular flexibility index (Phi) is 8.78. The second-order valence-corrected chi connectivity index (χ2v) is 6.65. The lowest BCUT2D eigenvalue weighted by molar-refractivity contribution is -0.142. The smallest absolute Gasteiger partial charge is 0.261 e. The highest BCUT2D eigenvalue weighted by atomic mass is 35.5. The molecule has 7 heteroatoms. The number of hydrogen-bond donors (Lipinski definition) is 1. The maximum Gasteiger partial charge on any atom is 0.261 e. The molecule has 0 spiro atoms. The fourth-order valence-electron chi connectivity index (χ4n) is 2.54. The molecule has 0 saturated heterocycles. The second kappa shape index (κ2) is 11.3. The molecule has 0 heterocycles. The van der Waals surface area contributed by atoms with E-state index in [9.17, 15) is 9.59 Å². The summed E-state index contributed by atoms with van der Waals surface area (Å²) in [5, 5.41) is 3.38. The quantitative estimate of drug-likeness (QED) is 0.618. The maximum atomic E-state index is 12.8. The third-order valence-corrected chi connectivity index (χ3v) is 4.40. The van der Waals surface area contributed by atoms with Crippen molar-refractivity contribution in [1.29, 1.82) is 0 Å². The summed E-state index contributed by atoms with van der Waals surface area (Å²) in [6.45, 7) is 2.59. The summed E-state index contributed by atoms with van der Waals surface area (Å²) >= 11 is 5.94. The molecule has 28 heavy (non-hydrogen) atoms. The Morgan fingerprint density at radius 2 is 1.79 bits per heavy atom. The number of hydrogen-bond acceptors (Lipinski definition) is 4. The highest BCUT2D eigenvalue weighted by Gasteiger charge is 2.26. The minimum Gasteiger partial charge on any atom is -0.484 e. The van der Waals surface area contributed by atoms with Gasteiger partial charge in [-0.05, 0) is 36.8 Å². The molecule has 0 aliphatic rings. The summed E-state index contributed by atoms with van der Waals surface area (Å²) in [6.07, 6.45) is 0. The molecule has 2 rings (SSSR count). The van der Waals surface area contributed by atoms with Gasteiger partial charge in [0.25, 0.3) is 5.91 Å². The van der Waals surface area contributed by atoms with E-state index in [0.29, 0.717) is 23.9 Å². The molecule has 2 aromatic rings. The van der Waals surface area contributed by atoms with Crippen LogP contribution in [0.3, 0.4) is 0 Å². The molecule has 0 aliphatic carbocycles. The first-order valence-electron chi connectivity index (χ1n) is 8.99. The summed E-state index contributed by atoms with van der Waals surface area (Å²) < 4.78 is 10.5. The summed E-state index contributed by atoms with van der Waals surface area (Å²) in [6, 6.07) is 15.6. The SMILES string of the molecule is COCCNC(=O)C(C)N(Cc1ccc(Cl)cc1)C(=O)COc1ccccc1. The number of carbonyl (C=O) groups is 2. The zero-order valence-corrected chi connectivity index (χ0v) is 16.8. The molecule has 2 amide bonds. The van der Waals surface area contributed by atoms with Gasteiger partial charge in [-0.25, -0.2) is 0 Å². The van der Waals surface area contributed by atoms with Crippen molar-refractivity contribution in [2.45, 2.75) is 19.5 Å². The molecule has 0 radical (unpaired) electrons. The van der Waals surface area contributed by atoms with Gasteiger partial charge in [0.05, 0.1) is 6.61 Å². The van der Waals surface area contributed by atoms with Gasteiger partial charge in [0.2, 0.25) is 5.91 Å². The van der Waals surface area contributed by atoms with Crippen molar-refractivity contribution in [3.05, 3.63) is 65.2 Å². The third kappa shape index (κ3) is 6.87. The molecule has 6 nitrogen and oxygen atoms in total. The molecule has 1 N–H and O–H groups in total. The number of amides is 2. The molecule has 1 atom stereocenters. The standard InChI is InChI=1S/C21H25ClN2O4/c1-16(21(26)23-12-13-27-2)24(14-17-8-10-18(22)11-9-17)20(25)15-28-19-6-4-3-5-7-19/h3-11,16H,12-15H2,1-2H3,(H,23,26). The van der Waals surface area contributed by atoms with Gasteiger partial charge in [0.15, 0.2) is 6.61 Å². The van der Waals surface area contributed by atoms with E-state index in [1.807, 2.05) is 30.3 Å². The predicted octanol–water partition coefficient (Wildman–Crippen LogP) is 2.90. The van der Waals surface area contributed by atoms with E-state index in [0.717, 1.165) is 5.56 Å². The predicted molar refractivity (Wildman–Crippen MR) is 108 cm³/mol. The van der Waals surface area contributed by atoms with Crippen molar-refractivity contribution in [3.8, 4) is 5.75 Å². The molecule has 2 aromatic carbocycles. The molecule has 0 saturated carbocycles. The van der Waals surface area contributed by atoms with Crippen LogP contribution in [-0.2, 0) is 20.9 Å². The topological polar surface area (TPSA) is 67.9 Å². The number of ether oxygens (including phenoxy) is 2. The van der Waals surface area contributed by atoms with Crippen molar-refractivity contribution in [3.63, 3.8) is 0 Å². The van der Waals surface area contributed by atoms with Crippen LogP contribution in [-0.4, -0.2) is 49.6 Å². The van der Waals surface area contributed by atoms with Crippen LogP contribution in [0.25, 0.3) is 0 Å². The van der Waals surface area contributed by atoms with Gasteiger partial charge in [-0.3, -0.25) is 9.59 Å². The van der Waals surface area contributed by atoms with Crippen molar-refractivity contribution in [2.24, 2.45) is 0 Å². The molecule has 150 valence electrons. The number of halogens is 1. The van der Waals surface area contributed by atoms with Gasteiger partial charge in [0, 0.05) is 25.2 Å². The van der Waals surface area contributed by atoms with Crippen molar-refractivity contribution < 1.29 is 19.1 Å². The van der Waals surface area contributed by atoms with Crippen LogP contribution in [0.5, 0.6) is 5.75 Å². The molecule has 0 aliphatic heterocycles. The monoisotopic (exact) mass is 404 g/mol. The Balaban J connectivity index is 2.08. The number of nitrogens with zero attached hydrogens (tertiary/aromatic N) is 1. The highest BCUT2D eigenvalue weighted by molar-refractivity contribution is 6.30. The number of carbonyl (C=O) groups excluding carboxylic acids is 2. The Morgan fingerprint density at radius 3 is 2.43 bits per heavy atom. The molecule has 0 aromatic heterocycles. The average Bonchev–Trinajstić information content (AvgIpc) is 2.72. The van der Waals surface area contributed by atoms with E-state index in [2.05, 4.69) is 5.32 Å². The largest absolute Gasteiger partial charge is 0.484 e. The van der Waals surface area contributed by atoms with Gasteiger partial charge in [-0.15, -0.1) is 0 Å². The van der Waals surface area contributed by atoms with Crippen LogP contribution < -0.4 is 10.1 Å². The first-order chi connectivity index (χ1) is 13.5. The van der Waals surface area contributed by atoms with Gasteiger partial charge in [-0.2, -0.15) is 0 Å². The first kappa shape index (κ1) is 21.7. The fourth-order valence-corrected chi connectivity index (χ4v) is 2.66. The van der Waals surface area contributed by atoms with Crippen LogP contribution in [0.4, 0.5) is 0 Å². The number of rotatable bonds is 10. The second-order valence-electron chi connectivity index (χ2n) is 6.21. The maximum absolute atomic E-state index is 12.8. The lowest BCUT2D eigenvalue weighted by Gasteiger charge is -2.28. The van der Waals surface area contributed by atoms with E-state index < -0.39 is 6.04 Å². The van der Waals surface area contributed by atoms with E-state index in [1.165, 1.54) is 4.90 Å². The van der Waals surface area contributed by atoms with Crippen molar-refractivity contribution in [2.75, 3.05) is 26.9 Å². The Hall–Kier alpha value is -2.57. The van der Waals surface area contributed by atoms with E-state index in [4.69, 9.17) is 21.1 Å².